The van der Waals surface area contributed by atoms with Crippen LogP contribution in [0.5, 0.6) is 0 Å². The van der Waals surface area contributed by atoms with E-state index in [1.54, 1.807) is 23.5 Å². The zero-order chi connectivity index (χ0) is 18.3. The minimum atomic E-state index is -0.468. The molecule has 26 heavy (non-hydrogen) atoms. The predicted molar refractivity (Wildman–Crippen MR) is 98.3 cm³/mol. The molecule has 2 aromatic heterocycles. The van der Waals surface area contributed by atoms with Crippen LogP contribution in [-0.4, -0.2) is 15.3 Å². The standard InChI is InChI=1S/C19H18FN3O2S/c1-11(12-6-8-13(20)9-7-12)22-17(24)14-10-21-19-23(18(14)25)15-4-2-3-5-16(15)26-19/h6-11H,2-5H2,1H3,(H,22,24)/t11-/m1/s1. The molecular formula is C19H18FN3O2S. The van der Waals surface area contributed by atoms with Gasteiger partial charge in [0.1, 0.15) is 11.4 Å². The SMILES string of the molecule is C[C@@H](NC(=O)c1cnc2sc3c(n2c1=O)CCCC3)c1ccc(F)cc1. The third-order valence-electron chi connectivity index (χ3n) is 4.76. The molecule has 5 nitrogen and oxygen atoms in total. The number of halogens is 1. The van der Waals surface area contributed by atoms with Gasteiger partial charge in [-0.15, -0.1) is 11.3 Å². The highest BCUT2D eigenvalue weighted by molar-refractivity contribution is 7.17. The smallest absolute Gasteiger partial charge is 0.271 e. The average Bonchev–Trinajstić information content (AvgIpc) is 3.01. The molecule has 0 saturated heterocycles. The van der Waals surface area contributed by atoms with E-state index in [0.29, 0.717) is 4.96 Å². The summed E-state index contributed by atoms with van der Waals surface area (Å²) in [5, 5.41) is 2.80. The maximum absolute atomic E-state index is 13.0. The van der Waals surface area contributed by atoms with Crippen LogP contribution >= 0.6 is 11.3 Å². The summed E-state index contributed by atoms with van der Waals surface area (Å²) in [6, 6.07) is 5.57. The summed E-state index contributed by atoms with van der Waals surface area (Å²) in [4.78, 5) is 31.7. The molecule has 0 radical (unpaired) electrons. The molecule has 1 atom stereocenters. The van der Waals surface area contributed by atoms with Crippen LogP contribution in [-0.2, 0) is 12.8 Å². The number of carbonyl (C=O) groups is 1. The second-order valence-corrected chi connectivity index (χ2v) is 7.58. The summed E-state index contributed by atoms with van der Waals surface area (Å²) < 4.78 is 14.6. The Labute approximate surface area is 153 Å². The lowest BCUT2D eigenvalue weighted by Crippen LogP contribution is -2.33. The van der Waals surface area contributed by atoms with Crippen LogP contribution in [0.25, 0.3) is 4.96 Å². The highest BCUT2D eigenvalue weighted by Crippen LogP contribution is 2.28. The summed E-state index contributed by atoms with van der Waals surface area (Å²) in [6.07, 6.45) is 5.33. The molecule has 134 valence electrons. The van der Waals surface area contributed by atoms with E-state index in [9.17, 15) is 14.0 Å². The van der Waals surface area contributed by atoms with Gasteiger partial charge in [-0.3, -0.25) is 14.0 Å². The van der Waals surface area contributed by atoms with Crippen molar-refractivity contribution in [2.45, 2.75) is 38.6 Å². The molecule has 0 spiro atoms. The molecule has 1 aliphatic carbocycles. The Kier molecular flexibility index (Phi) is 4.32. The van der Waals surface area contributed by atoms with Gasteiger partial charge in [0, 0.05) is 16.8 Å². The maximum Gasteiger partial charge on any atom is 0.271 e. The Balaban J connectivity index is 1.65. The van der Waals surface area contributed by atoms with E-state index in [2.05, 4.69) is 10.3 Å². The van der Waals surface area contributed by atoms with Crippen molar-refractivity contribution in [1.82, 2.24) is 14.7 Å². The van der Waals surface area contributed by atoms with E-state index in [-0.39, 0.29) is 23.0 Å². The largest absolute Gasteiger partial charge is 0.345 e. The lowest BCUT2D eigenvalue weighted by atomic mass is 10.0. The summed E-state index contributed by atoms with van der Waals surface area (Å²) in [6.45, 7) is 1.79. The first kappa shape index (κ1) is 16.9. The average molecular weight is 371 g/mol. The molecule has 0 unspecified atom stereocenters. The monoisotopic (exact) mass is 371 g/mol. The van der Waals surface area contributed by atoms with Gasteiger partial charge >= 0.3 is 0 Å². The lowest BCUT2D eigenvalue weighted by molar-refractivity contribution is 0.0938. The van der Waals surface area contributed by atoms with Crippen molar-refractivity contribution in [1.29, 1.82) is 0 Å². The number of nitrogens with one attached hydrogen (secondary N) is 1. The third-order valence-corrected chi connectivity index (χ3v) is 5.92. The molecule has 0 fully saturated rings. The molecular weight excluding hydrogens is 353 g/mol. The van der Waals surface area contributed by atoms with Crippen molar-refractivity contribution in [3.8, 4) is 0 Å². The Morgan fingerprint density at radius 2 is 2.00 bits per heavy atom. The van der Waals surface area contributed by atoms with Gasteiger partial charge in [0.2, 0.25) is 0 Å². The van der Waals surface area contributed by atoms with Gasteiger partial charge < -0.3 is 5.32 Å². The molecule has 2 heterocycles. The highest BCUT2D eigenvalue weighted by Gasteiger charge is 2.22. The Morgan fingerprint density at radius 3 is 2.77 bits per heavy atom. The van der Waals surface area contributed by atoms with Crippen LogP contribution in [0.4, 0.5) is 4.39 Å². The molecule has 1 N–H and O–H groups in total. The number of nitrogens with zero attached hydrogens (tertiary/aromatic N) is 2. The van der Waals surface area contributed by atoms with Gasteiger partial charge in [-0.05, 0) is 50.3 Å². The minimum Gasteiger partial charge on any atom is -0.345 e. The quantitative estimate of drug-likeness (QED) is 0.769. The number of amides is 1. The predicted octanol–water partition coefficient (Wildman–Crippen LogP) is 3.26. The van der Waals surface area contributed by atoms with Crippen LogP contribution < -0.4 is 10.9 Å². The lowest BCUT2D eigenvalue weighted by Gasteiger charge is -2.14. The number of aromatic nitrogens is 2. The fraction of sp³-hybridized carbons (Fsp3) is 0.316. The maximum atomic E-state index is 13.0. The van der Waals surface area contributed by atoms with E-state index < -0.39 is 5.91 Å². The summed E-state index contributed by atoms with van der Waals surface area (Å²) in [7, 11) is 0. The second-order valence-electron chi connectivity index (χ2n) is 6.52. The number of hydrogen-bond acceptors (Lipinski definition) is 4. The van der Waals surface area contributed by atoms with E-state index in [0.717, 1.165) is 36.9 Å². The number of rotatable bonds is 3. The molecule has 1 amide bonds. The number of benzene rings is 1. The van der Waals surface area contributed by atoms with Crippen molar-refractivity contribution in [2.24, 2.45) is 0 Å². The Bertz CT molecular complexity index is 1040. The van der Waals surface area contributed by atoms with Crippen LogP contribution in [0, 0.1) is 5.82 Å². The minimum absolute atomic E-state index is 0.0302. The van der Waals surface area contributed by atoms with E-state index in [4.69, 9.17) is 0 Å². The van der Waals surface area contributed by atoms with Gasteiger partial charge in [0.05, 0.1) is 6.04 Å². The zero-order valence-corrected chi connectivity index (χ0v) is 15.1. The zero-order valence-electron chi connectivity index (χ0n) is 14.3. The third kappa shape index (κ3) is 2.92. The number of thiazole rings is 1. The van der Waals surface area contributed by atoms with Crippen LogP contribution in [0.1, 0.15) is 52.3 Å². The van der Waals surface area contributed by atoms with Gasteiger partial charge in [0.15, 0.2) is 4.96 Å². The van der Waals surface area contributed by atoms with Gasteiger partial charge in [-0.2, -0.15) is 0 Å². The molecule has 0 bridgehead atoms. The first-order valence-electron chi connectivity index (χ1n) is 8.63. The van der Waals surface area contributed by atoms with E-state index in [1.165, 1.54) is 34.5 Å². The molecule has 0 aliphatic heterocycles. The number of carbonyl (C=O) groups excluding carboxylic acids is 1. The number of hydrogen-bond donors (Lipinski definition) is 1. The normalized spacial score (nSPS) is 14.8. The second kappa shape index (κ2) is 6.64. The molecule has 0 saturated carbocycles. The van der Waals surface area contributed by atoms with Crippen molar-refractivity contribution >= 4 is 22.2 Å². The fourth-order valence-electron chi connectivity index (χ4n) is 3.33. The van der Waals surface area contributed by atoms with Gasteiger partial charge in [-0.25, -0.2) is 9.37 Å². The molecule has 1 aliphatic rings. The van der Waals surface area contributed by atoms with Crippen molar-refractivity contribution in [2.75, 3.05) is 0 Å². The Hall–Kier alpha value is -2.54. The van der Waals surface area contributed by atoms with Crippen LogP contribution in [0.3, 0.4) is 0 Å². The van der Waals surface area contributed by atoms with Crippen molar-refractivity contribution in [3.63, 3.8) is 0 Å². The fourth-order valence-corrected chi connectivity index (χ4v) is 4.50. The molecule has 4 rings (SSSR count). The van der Waals surface area contributed by atoms with Crippen molar-refractivity contribution < 1.29 is 9.18 Å². The van der Waals surface area contributed by atoms with Crippen molar-refractivity contribution in [3.05, 3.63) is 68.3 Å². The summed E-state index contributed by atoms with van der Waals surface area (Å²) >= 11 is 1.53. The number of fused-ring (bicyclic) bond motifs is 3. The van der Waals surface area contributed by atoms with Gasteiger partial charge in [-0.1, -0.05) is 12.1 Å². The first-order chi connectivity index (χ1) is 12.5. The highest BCUT2D eigenvalue weighted by atomic mass is 32.1. The first-order valence-corrected chi connectivity index (χ1v) is 9.45. The summed E-state index contributed by atoms with van der Waals surface area (Å²) in [5.41, 5.74) is 1.47. The number of aryl methyl sites for hydroxylation is 2. The molecule has 1 aromatic carbocycles. The van der Waals surface area contributed by atoms with Crippen LogP contribution in [0.15, 0.2) is 35.3 Å². The van der Waals surface area contributed by atoms with E-state index in [1.807, 2.05) is 0 Å². The molecule has 3 aromatic rings. The Morgan fingerprint density at radius 1 is 1.27 bits per heavy atom. The van der Waals surface area contributed by atoms with Crippen LogP contribution in [0.2, 0.25) is 0 Å². The van der Waals surface area contributed by atoms with Gasteiger partial charge in [0.25, 0.3) is 11.5 Å². The molecule has 7 heteroatoms. The van der Waals surface area contributed by atoms with E-state index >= 15 is 0 Å². The summed E-state index contributed by atoms with van der Waals surface area (Å²) in [5.74, 6) is -0.799. The topological polar surface area (TPSA) is 63.5 Å².